The van der Waals surface area contributed by atoms with Gasteiger partial charge in [-0.3, -0.25) is 0 Å². The average molecular weight is 225 g/mol. The second-order valence-electron chi connectivity index (χ2n) is 4.22. The van der Waals surface area contributed by atoms with Crippen LogP contribution in [0.1, 0.15) is 42.0 Å². The van der Waals surface area contributed by atoms with Crippen molar-refractivity contribution < 1.29 is 9.15 Å². The predicted molar refractivity (Wildman–Crippen MR) is 65.8 cm³/mol. The Labute approximate surface area is 98.2 Å². The first-order valence-electron chi connectivity index (χ1n) is 5.90. The van der Waals surface area contributed by atoms with Gasteiger partial charge in [0.15, 0.2) is 0 Å². The minimum Gasteiger partial charge on any atom is -0.466 e. The van der Waals surface area contributed by atoms with Crippen LogP contribution in [0.2, 0.25) is 0 Å². The van der Waals surface area contributed by atoms with E-state index in [1.54, 1.807) is 7.11 Å². The molecule has 0 aliphatic carbocycles. The molecule has 16 heavy (non-hydrogen) atoms. The third kappa shape index (κ3) is 2.86. The molecule has 0 bridgehead atoms. The molecule has 0 aliphatic rings. The summed E-state index contributed by atoms with van der Waals surface area (Å²) in [6.07, 6.45) is 1.12. The minimum absolute atomic E-state index is 0.238. The van der Waals surface area contributed by atoms with E-state index >= 15 is 0 Å². The molecule has 1 heterocycles. The van der Waals surface area contributed by atoms with Crippen LogP contribution in [-0.4, -0.2) is 20.3 Å². The van der Waals surface area contributed by atoms with E-state index in [-0.39, 0.29) is 6.04 Å². The molecule has 1 atom stereocenters. The Hall–Kier alpha value is -0.800. The first-order valence-corrected chi connectivity index (χ1v) is 5.90. The zero-order valence-corrected chi connectivity index (χ0v) is 11.0. The summed E-state index contributed by atoms with van der Waals surface area (Å²) < 4.78 is 10.9. The largest absolute Gasteiger partial charge is 0.466 e. The van der Waals surface area contributed by atoms with Crippen molar-refractivity contribution in [1.82, 2.24) is 5.32 Å². The second kappa shape index (κ2) is 6.06. The Balaban J connectivity index is 2.90. The van der Waals surface area contributed by atoms with Gasteiger partial charge in [0, 0.05) is 12.7 Å². The fourth-order valence-electron chi connectivity index (χ4n) is 2.05. The van der Waals surface area contributed by atoms with Crippen LogP contribution in [0.15, 0.2) is 4.42 Å². The van der Waals surface area contributed by atoms with Gasteiger partial charge in [-0.15, -0.1) is 0 Å². The van der Waals surface area contributed by atoms with Crippen molar-refractivity contribution in [2.24, 2.45) is 0 Å². The molecule has 3 heteroatoms. The zero-order valence-electron chi connectivity index (χ0n) is 11.0. The molecule has 1 rings (SSSR count). The number of hydrogen-bond acceptors (Lipinski definition) is 3. The highest BCUT2D eigenvalue weighted by Gasteiger charge is 2.20. The van der Waals surface area contributed by atoms with E-state index < -0.39 is 0 Å². The summed E-state index contributed by atoms with van der Waals surface area (Å²) in [7, 11) is 1.73. The molecular weight excluding hydrogens is 202 g/mol. The number of furan rings is 1. The molecule has 0 spiro atoms. The summed E-state index contributed by atoms with van der Waals surface area (Å²) in [5.74, 6) is 2.01. The van der Waals surface area contributed by atoms with E-state index in [4.69, 9.17) is 9.15 Å². The molecule has 0 aromatic carbocycles. The minimum atomic E-state index is 0.238. The number of nitrogens with one attached hydrogen (secondary N) is 1. The molecule has 92 valence electrons. The van der Waals surface area contributed by atoms with Gasteiger partial charge >= 0.3 is 0 Å². The van der Waals surface area contributed by atoms with E-state index in [0.717, 1.165) is 24.5 Å². The van der Waals surface area contributed by atoms with Crippen LogP contribution in [0.4, 0.5) is 0 Å². The highest BCUT2D eigenvalue weighted by Crippen LogP contribution is 2.27. The van der Waals surface area contributed by atoms with Gasteiger partial charge in [0.25, 0.3) is 0 Å². The average Bonchev–Trinajstić information content (AvgIpc) is 2.49. The number of ether oxygens (including phenoxy) is 1. The Morgan fingerprint density at radius 3 is 2.38 bits per heavy atom. The summed E-state index contributed by atoms with van der Waals surface area (Å²) in [5.41, 5.74) is 2.50. The molecule has 0 amide bonds. The Kier molecular flexibility index (Phi) is 5.03. The van der Waals surface area contributed by atoms with Gasteiger partial charge in [-0.25, -0.2) is 0 Å². The highest BCUT2D eigenvalue weighted by atomic mass is 16.5. The maximum atomic E-state index is 5.66. The SMILES string of the molecule is CCCNC(COC)c1c(C)oc(C)c1C. The van der Waals surface area contributed by atoms with Crippen molar-refractivity contribution in [1.29, 1.82) is 0 Å². The fourth-order valence-corrected chi connectivity index (χ4v) is 2.05. The molecule has 0 radical (unpaired) electrons. The molecule has 0 saturated carbocycles. The van der Waals surface area contributed by atoms with Crippen LogP contribution < -0.4 is 5.32 Å². The van der Waals surface area contributed by atoms with Gasteiger partial charge in [-0.05, 0) is 39.3 Å². The summed E-state index contributed by atoms with van der Waals surface area (Å²) in [6.45, 7) is 9.98. The van der Waals surface area contributed by atoms with Gasteiger partial charge in [0.05, 0.1) is 12.6 Å². The summed E-state index contributed by atoms with van der Waals surface area (Å²) in [4.78, 5) is 0. The second-order valence-corrected chi connectivity index (χ2v) is 4.22. The molecule has 1 aromatic heterocycles. The lowest BCUT2D eigenvalue weighted by molar-refractivity contribution is 0.166. The van der Waals surface area contributed by atoms with Crippen molar-refractivity contribution in [2.45, 2.75) is 40.2 Å². The van der Waals surface area contributed by atoms with E-state index in [1.807, 2.05) is 13.8 Å². The van der Waals surface area contributed by atoms with Crippen molar-refractivity contribution in [3.05, 3.63) is 22.6 Å². The number of aryl methyl sites for hydroxylation is 2. The van der Waals surface area contributed by atoms with E-state index in [9.17, 15) is 0 Å². The molecule has 1 aromatic rings. The standard InChI is InChI=1S/C13H23NO2/c1-6-7-14-12(8-15-5)13-9(2)10(3)16-11(13)4/h12,14H,6-8H2,1-5H3. The van der Waals surface area contributed by atoms with Gasteiger partial charge in [0.1, 0.15) is 11.5 Å². The number of rotatable bonds is 6. The first kappa shape index (κ1) is 13.3. The molecule has 0 aliphatic heterocycles. The maximum Gasteiger partial charge on any atom is 0.106 e. The smallest absolute Gasteiger partial charge is 0.106 e. The third-order valence-electron chi connectivity index (χ3n) is 2.94. The van der Waals surface area contributed by atoms with Gasteiger partial charge in [0.2, 0.25) is 0 Å². The molecule has 0 saturated heterocycles. The van der Waals surface area contributed by atoms with Crippen LogP contribution in [0, 0.1) is 20.8 Å². The molecule has 3 nitrogen and oxygen atoms in total. The normalized spacial score (nSPS) is 13.1. The number of hydrogen-bond donors (Lipinski definition) is 1. The monoisotopic (exact) mass is 225 g/mol. The summed E-state index contributed by atoms with van der Waals surface area (Å²) in [6, 6.07) is 0.238. The predicted octanol–water partition coefficient (Wildman–Crippen LogP) is 2.89. The van der Waals surface area contributed by atoms with Crippen LogP contribution >= 0.6 is 0 Å². The van der Waals surface area contributed by atoms with Crippen molar-refractivity contribution in [3.8, 4) is 0 Å². The van der Waals surface area contributed by atoms with Crippen molar-refractivity contribution in [2.75, 3.05) is 20.3 Å². The van der Waals surface area contributed by atoms with Crippen LogP contribution in [-0.2, 0) is 4.74 Å². The summed E-state index contributed by atoms with van der Waals surface area (Å²) >= 11 is 0. The van der Waals surface area contributed by atoms with Crippen molar-refractivity contribution >= 4 is 0 Å². The Morgan fingerprint density at radius 1 is 1.25 bits per heavy atom. The van der Waals surface area contributed by atoms with Crippen LogP contribution in [0.3, 0.4) is 0 Å². The van der Waals surface area contributed by atoms with Crippen LogP contribution in [0.5, 0.6) is 0 Å². The first-order chi connectivity index (χ1) is 7.61. The van der Waals surface area contributed by atoms with Crippen LogP contribution in [0.25, 0.3) is 0 Å². The molecule has 1 N–H and O–H groups in total. The Bertz CT molecular complexity index is 331. The quantitative estimate of drug-likeness (QED) is 0.808. The van der Waals surface area contributed by atoms with Gasteiger partial charge in [-0.2, -0.15) is 0 Å². The van der Waals surface area contributed by atoms with Crippen molar-refractivity contribution in [3.63, 3.8) is 0 Å². The fraction of sp³-hybridized carbons (Fsp3) is 0.692. The molecule has 0 fully saturated rings. The molecule has 1 unspecified atom stereocenters. The number of methoxy groups -OCH3 is 1. The van der Waals surface area contributed by atoms with Gasteiger partial charge < -0.3 is 14.5 Å². The maximum absolute atomic E-state index is 5.66. The lowest BCUT2D eigenvalue weighted by atomic mass is 10.0. The van der Waals surface area contributed by atoms with Gasteiger partial charge in [-0.1, -0.05) is 6.92 Å². The Morgan fingerprint density at radius 2 is 1.94 bits per heavy atom. The molecular formula is C13H23NO2. The third-order valence-corrected chi connectivity index (χ3v) is 2.94. The van der Waals surface area contributed by atoms with E-state index in [1.165, 1.54) is 11.1 Å². The zero-order chi connectivity index (χ0) is 12.1. The van der Waals surface area contributed by atoms with E-state index in [0.29, 0.717) is 6.61 Å². The lowest BCUT2D eigenvalue weighted by Crippen LogP contribution is -2.26. The summed E-state index contributed by atoms with van der Waals surface area (Å²) in [5, 5.41) is 3.50. The van der Waals surface area contributed by atoms with E-state index in [2.05, 4.69) is 19.2 Å². The highest BCUT2D eigenvalue weighted by molar-refractivity contribution is 5.34. The lowest BCUT2D eigenvalue weighted by Gasteiger charge is -2.18. The topological polar surface area (TPSA) is 34.4 Å².